The Bertz CT molecular complexity index is 349. The Morgan fingerprint density at radius 3 is 2.93 bits per heavy atom. The molecule has 0 atom stereocenters. The maximum absolute atomic E-state index is 10.5. The summed E-state index contributed by atoms with van der Waals surface area (Å²) >= 11 is 0. The number of nitrogens with zero attached hydrogens (tertiary/aromatic N) is 5. The van der Waals surface area contributed by atoms with Gasteiger partial charge in [0.15, 0.2) is 5.82 Å². The fourth-order valence-electron chi connectivity index (χ4n) is 1.15. The lowest BCUT2D eigenvalue weighted by Gasteiger charge is -2.15. The molecule has 15 heavy (non-hydrogen) atoms. The summed E-state index contributed by atoms with van der Waals surface area (Å²) in [6.45, 7) is 4.32. The Morgan fingerprint density at radius 2 is 2.47 bits per heavy atom. The van der Waals surface area contributed by atoms with E-state index in [-0.39, 0.29) is 6.54 Å². The summed E-state index contributed by atoms with van der Waals surface area (Å²) < 4.78 is 0. The highest BCUT2D eigenvalue weighted by atomic mass is 16.4. The van der Waals surface area contributed by atoms with Gasteiger partial charge in [-0.2, -0.15) is 4.80 Å². The van der Waals surface area contributed by atoms with Crippen LogP contribution in [0.15, 0.2) is 12.7 Å². The molecule has 0 aromatic carbocycles. The average Bonchev–Trinajstić information content (AvgIpc) is 2.50. The second kappa shape index (κ2) is 5.20. The number of carbonyl (C=O) groups is 1. The average molecular weight is 211 g/mol. The summed E-state index contributed by atoms with van der Waals surface area (Å²) in [5, 5.41) is 20.1. The molecule has 1 heterocycles. The van der Waals surface area contributed by atoms with Crippen LogP contribution in [-0.4, -0.2) is 49.3 Å². The van der Waals surface area contributed by atoms with Crippen molar-refractivity contribution in [3.63, 3.8) is 0 Å². The first-order valence-corrected chi connectivity index (χ1v) is 4.39. The standard InChI is InChI=1S/C8H13N5O2/c1-3-4-13(6-8(14)15)5-7-9-11-12(2)10-7/h3H,1,4-6H2,2H3,(H,14,15). The summed E-state index contributed by atoms with van der Waals surface area (Å²) in [5.41, 5.74) is 0. The van der Waals surface area contributed by atoms with Gasteiger partial charge in [0.05, 0.1) is 20.1 Å². The van der Waals surface area contributed by atoms with Gasteiger partial charge in [-0.05, 0) is 5.21 Å². The molecular weight excluding hydrogens is 198 g/mol. The number of hydrogen-bond acceptors (Lipinski definition) is 5. The zero-order valence-electron chi connectivity index (χ0n) is 8.50. The van der Waals surface area contributed by atoms with Gasteiger partial charge in [-0.3, -0.25) is 9.69 Å². The Kier molecular flexibility index (Phi) is 3.92. The first-order chi connectivity index (χ1) is 7.11. The van der Waals surface area contributed by atoms with E-state index in [4.69, 9.17) is 5.11 Å². The van der Waals surface area contributed by atoms with Crippen LogP contribution < -0.4 is 0 Å². The fourth-order valence-corrected chi connectivity index (χ4v) is 1.15. The summed E-state index contributed by atoms with van der Waals surface area (Å²) in [6.07, 6.45) is 1.64. The van der Waals surface area contributed by atoms with Crippen molar-refractivity contribution in [2.75, 3.05) is 13.1 Å². The van der Waals surface area contributed by atoms with Gasteiger partial charge >= 0.3 is 5.97 Å². The van der Waals surface area contributed by atoms with Crippen LogP contribution in [0.1, 0.15) is 5.82 Å². The van der Waals surface area contributed by atoms with Gasteiger partial charge in [0, 0.05) is 6.54 Å². The summed E-state index contributed by atoms with van der Waals surface area (Å²) in [4.78, 5) is 13.5. The van der Waals surface area contributed by atoms with Crippen LogP contribution in [0.5, 0.6) is 0 Å². The third-order valence-electron chi connectivity index (χ3n) is 1.66. The minimum Gasteiger partial charge on any atom is -0.480 e. The van der Waals surface area contributed by atoms with Crippen molar-refractivity contribution >= 4 is 5.97 Å². The number of hydrogen-bond donors (Lipinski definition) is 1. The lowest BCUT2D eigenvalue weighted by atomic mass is 10.4. The number of aliphatic carboxylic acids is 1. The number of aromatic nitrogens is 4. The van der Waals surface area contributed by atoms with Crippen LogP contribution >= 0.6 is 0 Å². The molecule has 1 aromatic heterocycles. The van der Waals surface area contributed by atoms with Crippen molar-refractivity contribution < 1.29 is 9.90 Å². The first-order valence-electron chi connectivity index (χ1n) is 4.39. The molecule has 0 bridgehead atoms. The second-order valence-electron chi connectivity index (χ2n) is 3.05. The maximum atomic E-state index is 10.5. The van der Waals surface area contributed by atoms with Crippen LogP contribution in [0.25, 0.3) is 0 Å². The highest BCUT2D eigenvalue weighted by Crippen LogP contribution is 1.96. The highest BCUT2D eigenvalue weighted by Gasteiger charge is 2.11. The minimum absolute atomic E-state index is 0.0652. The molecule has 1 rings (SSSR count). The monoisotopic (exact) mass is 211 g/mol. The van der Waals surface area contributed by atoms with Crippen LogP contribution in [-0.2, 0) is 18.4 Å². The summed E-state index contributed by atoms with van der Waals surface area (Å²) in [5.74, 6) is -0.388. The SMILES string of the molecule is C=CCN(CC(=O)O)Cc1nnn(C)n1. The van der Waals surface area contributed by atoms with Crippen molar-refractivity contribution in [2.24, 2.45) is 7.05 Å². The fraction of sp³-hybridized carbons (Fsp3) is 0.500. The van der Waals surface area contributed by atoms with Crippen molar-refractivity contribution in [2.45, 2.75) is 6.54 Å². The predicted molar refractivity (Wildman–Crippen MR) is 51.9 cm³/mol. The Labute approximate surface area is 87.0 Å². The lowest BCUT2D eigenvalue weighted by Crippen LogP contribution is -2.30. The number of rotatable bonds is 6. The third kappa shape index (κ3) is 3.86. The predicted octanol–water partition coefficient (Wildman–Crippen LogP) is -0.717. The number of tetrazole rings is 1. The molecule has 82 valence electrons. The van der Waals surface area contributed by atoms with E-state index in [1.54, 1.807) is 18.0 Å². The molecule has 0 aliphatic carbocycles. The van der Waals surface area contributed by atoms with Gasteiger partial charge in [0.25, 0.3) is 0 Å². The van der Waals surface area contributed by atoms with E-state index in [1.165, 1.54) is 4.80 Å². The molecule has 0 saturated heterocycles. The van der Waals surface area contributed by atoms with Gasteiger partial charge in [0.1, 0.15) is 0 Å². The molecule has 0 fully saturated rings. The van der Waals surface area contributed by atoms with Crippen molar-refractivity contribution in [1.29, 1.82) is 0 Å². The van der Waals surface area contributed by atoms with Gasteiger partial charge in [-0.15, -0.1) is 16.8 Å². The Hall–Kier alpha value is -1.76. The van der Waals surface area contributed by atoms with E-state index in [9.17, 15) is 4.79 Å². The molecule has 0 saturated carbocycles. The topological polar surface area (TPSA) is 84.1 Å². The Balaban J connectivity index is 2.57. The van der Waals surface area contributed by atoms with Gasteiger partial charge in [0.2, 0.25) is 0 Å². The smallest absolute Gasteiger partial charge is 0.317 e. The second-order valence-corrected chi connectivity index (χ2v) is 3.05. The van der Waals surface area contributed by atoms with Crippen molar-refractivity contribution in [3.05, 3.63) is 18.5 Å². The molecule has 1 aromatic rings. The zero-order chi connectivity index (χ0) is 11.3. The largest absolute Gasteiger partial charge is 0.480 e. The molecule has 0 spiro atoms. The van der Waals surface area contributed by atoms with E-state index in [0.29, 0.717) is 18.9 Å². The minimum atomic E-state index is -0.888. The highest BCUT2D eigenvalue weighted by molar-refractivity contribution is 5.69. The number of aryl methyl sites for hydroxylation is 1. The molecule has 1 N–H and O–H groups in total. The molecular formula is C8H13N5O2. The van der Waals surface area contributed by atoms with Gasteiger partial charge < -0.3 is 5.11 Å². The lowest BCUT2D eigenvalue weighted by molar-refractivity contribution is -0.138. The van der Waals surface area contributed by atoms with E-state index >= 15 is 0 Å². The van der Waals surface area contributed by atoms with E-state index in [0.717, 1.165) is 0 Å². The summed E-state index contributed by atoms with van der Waals surface area (Å²) in [6, 6.07) is 0. The number of carboxylic acids is 1. The van der Waals surface area contributed by atoms with Crippen LogP contribution in [0, 0.1) is 0 Å². The molecule has 7 heteroatoms. The molecule has 0 aliphatic heterocycles. The summed E-state index contributed by atoms with van der Waals surface area (Å²) in [7, 11) is 1.66. The Morgan fingerprint density at radius 1 is 1.73 bits per heavy atom. The van der Waals surface area contributed by atoms with Crippen LogP contribution in [0.2, 0.25) is 0 Å². The zero-order valence-corrected chi connectivity index (χ0v) is 8.50. The van der Waals surface area contributed by atoms with Crippen molar-refractivity contribution in [1.82, 2.24) is 25.1 Å². The van der Waals surface area contributed by atoms with Gasteiger partial charge in [-0.1, -0.05) is 6.08 Å². The van der Waals surface area contributed by atoms with E-state index in [1.807, 2.05) is 0 Å². The van der Waals surface area contributed by atoms with E-state index in [2.05, 4.69) is 22.0 Å². The molecule has 0 aliphatic rings. The molecule has 0 unspecified atom stereocenters. The number of carboxylic acid groups (broad SMARTS) is 1. The van der Waals surface area contributed by atoms with Crippen molar-refractivity contribution in [3.8, 4) is 0 Å². The molecule has 0 amide bonds. The quantitative estimate of drug-likeness (QED) is 0.625. The van der Waals surface area contributed by atoms with Crippen LogP contribution in [0.3, 0.4) is 0 Å². The van der Waals surface area contributed by atoms with E-state index < -0.39 is 5.97 Å². The van der Waals surface area contributed by atoms with Crippen LogP contribution in [0.4, 0.5) is 0 Å². The third-order valence-corrected chi connectivity index (χ3v) is 1.66. The molecule has 7 nitrogen and oxygen atoms in total. The maximum Gasteiger partial charge on any atom is 0.317 e. The molecule has 0 radical (unpaired) electrons. The normalized spacial score (nSPS) is 10.5. The van der Waals surface area contributed by atoms with Gasteiger partial charge in [-0.25, -0.2) is 0 Å². The first kappa shape index (κ1) is 11.3.